The van der Waals surface area contributed by atoms with Gasteiger partial charge in [0, 0.05) is 18.0 Å². The van der Waals surface area contributed by atoms with Gasteiger partial charge in [0.05, 0.1) is 11.7 Å². The zero-order valence-corrected chi connectivity index (χ0v) is 7.38. The van der Waals surface area contributed by atoms with Crippen molar-refractivity contribution in [3.8, 4) is 11.3 Å². The third-order valence-electron chi connectivity index (χ3n) is 1.28. The maximum Gasteiger partial charge on any atom is 0.170 e. The van der Waals surface area contributed by atoms with Crippen LogP contribution in [0.15, 0.2) is 18.7 Å². The van der Waals surface area contributed by atoms with E-state index in [1.165, 1.54) is 6.33 Å². The van der Waals surface area contributed by atoms with Crippen LogP contribution in [0.25, 0.3) is 11.3 Å². The normalized spacial score (nSPS) is 10.1. The van der Waals surface area contributed by atoms with Crippen LogP contribution in [0.5, 0.6) is 0 Å². The Hall–Kier alpha value is -1.07. The molecule has 0 N–H and O–H groups in total. The van der Waals surface area contributed by atoms with Crippen molar-refractivity contribution in [2.75, 3.05) is 0 Å². The summed E-state index contributed by atoms with van der Waals surface area (Å²) in [6, 6.07) is 0. The number of hydrogen-bond acceptors (Lipinski definition) is 5. The molecule has 0 aromatic carbocycles. The van der Waals surface area contributed by atoms with E-state index in [0.29, 0.717) is 10.8 Å². The molecule has 2 heterocycles. The molecule has 0 saturated carbocycles. The van der Waals surface area contributed by atoms with Crippen LogP contribution in [0.1, 0.15) is 0 Å². The first-order valence-electron chi connectivity index (χ1n) is 3.11. The Labute approximate surface area is 77.6 Å². The second kappa shape index (κ2) is 3.12. The molecule has 0 spiro atoms. The van der Waals surface area contributed by atoms with E-state index in [2.05, 4.69) is 18.7 Å². The van der Waals surface area contributed by atoms with Gasteiger partial charge in [0.2, 0.25) is 0 Å². The van der Waals surface area contributed by atoms with Gasteiger partial charge in [-0.2, -0.15) is 8.75 Å². The van der Waals surface area contributed by atoms with Crippen molar-refractivity contribution in [3.05, 3.63) is 23.9 Å². The SMILES string of the molecule is Clc1nsnc1-c1cncnc1. The van der Waals surface area contributed by atoms with Gasteiger partial charge in [-0.05, 0) is 0 Å². The Kier molecular flexibility index (Phi) is 1.97. The molecule has 0 bridgehead atoms. The fraction of sp³-hybridized carbons (Fsp3) is 0. The summed E-state index contributed by atoms with van der Waals surface area (Å²) < 4.78 is 7.84. The minimum absolute atomic E-state index is 0.398. The summed E-state index contributed by atoms with van der Waals surface area (Å²) in [5.41, 5.74) is 1.43. The molecule has 0 amide bonds. The van der Waals surface area contributed by atoms with E-state index < -0.39 is 0 Å². The highest BCUT2D eigenvalue weighted by Gasteiger charge is 2.07. The number of nitrogens with zero attached hydrogens (tertiary/aromatic N) is 4. The van der Waals surface area contributed by atoms with Gasteiger partial charge in [-0.15, -0.1) is 0 Å². The van der Waals surface area contributed by atoms with Crippen molar-refractivity contribution in [3.63, 3.8) is 0 Å². The molecular formula is C6H3ClN4S. The number of rotatable bonds is 1. The molecule has 2 aromatic rings. The van der Waals surface area contributed by atoms with Crippen LogP contribution >= 0.6 is 23.3 Å². The minimum atomic E-state index is 0.398. The van der Waals surface area contributed by atoms with Gasteiger partial charge in [0.15, 0.2) is 5.15 Å². The van der Waals surface area contributed by atoms with Crippen molar-refractivity contribution in [1.82, 2.24) is 18.7 Å². The molecule has 2 aromatic heterocycles. The number of halogens is 1. The summed E-state index contributed by atoms with van der Waals surface area (Å²) in [6.07, 6.45) is 4.75. The molecule has 0 aliphatic heterocycles. The molecule has 0 atom stereocenters. The molecule has 0 aliphatic rings. The Morgan fingerprint density at radius 2 is 1.92 bits per heavy atom. The lowest BCUT2D eigenvalue weighted by Gasteiger charge is -1.91. The van der Waals surface area contributed by atoms with E-state index in [1.807, 2.05) is 0 Å². The quantitative estimate of drug-likeness (QED) is 0.699. The van der Waals surface area contributed by atoms with Gasteiger partial charge < -0.3 is 0 Å². The van der Waals surface area contributed by atoms with Crippen molar-refractivity contribution >= 4 is 23.3 Å². The van der Waals surface area contributed by atoms with E-state index in [0.717, 1.165) is 17.3 Å². The van der Waals surface area contributed by atoms with Crippen molar-refractivity contribution < 1.29 is 0 Å². The van der Waals surface area contributed by atoms with E-state index in [4.69, 9.17) is 11.6 Å². The summed E-state index contributed by atoms with van der Waals surface area (Å²) in [5.74, 6) is 0. The van der Waals surface area contributed by atoms with Crippen LogP contribution in [-0.4, -0.2) is 18.7 Å². The van der Waals surface area contributed by atoms with Crippen LogP contribution < -0.4 is 0 Å². The molecule has 0 fully saturated rings. The van der Waals surface area contributed by atoms with Gasteiger partial charge in [-0.25, -0.2) is 9.97 Å². The minimum Gasteiger partial charge on any atom is -0.244 e. The average molecular weight is 199 g/mol. The van der Waals surface area contributed by atoms with Crippen molar-refractivity contribution in [1.29, 1.82) is 0 Å². The third-order valence-corrected chi connectivity index (χ3v) is 2.17. The summed E-state index contributed by atoms with van der Waals surface area (Å²) in [6.45, 7) is 0. The van der Waals surface area contributed by atoms with E-state index in [-0.39, 0.29) is 0 Å². The topological polar surface area (TPSA) is 51.6 Å². The van der Waals surface area contributed by atoms with Crippen LogP contribution in [0, 0.1) is 0 Å². The molecule has 2 rings (SSSR count). The first-order valence-corrected chi connectivity index (χ1v) is 4.22. The molecule has 0 aliphatic carbocycles. The van der Waals surface area contributed by atoms with Gasteiger partial charge in [0.25, 0.3) is 0 Å². The van der Waals surface area contributed by atoms with E-state index in [1.54, 1.807) is 12.4 Å². The zero-order valence-electron chi connectivity index (χ0n) is 5.81. The summed E-state index contributed by atoms with van der Waals surface area (Å²) in [5, 5.41) is 0.398. The largest absolute Gasteiger partial charge is 0.244 e. The summed E-state index contributed by atoms with van der Waals surface area (Å²) in [7, 11) is 0. The smallest absolute Gasteiger partial charge is 0.170 e. The van der Waals surface area contributed by atoms with E-state index >= 15 is 0 Å². The fourth-order valence-electron chi connectivity index (χ4n) is 0.771. The zero-order chi connectivity index (χ0) is 8.39. The van der Waals surface area contributed by atoms with Gasteiger partial charge in [0.1, 0.15) is 12.0 Å². The van der Waals surface area contributed by atoms with Crippen LogP contribution in [0.3, 0.4) is 0 Å². The number of aromatic nitrogens is 4. The van der Waals surface area contributed by atoms with Crippen molar-refractivity contribution in [2.45, 2.75) is 0 Å². The van der Waals surface area contributed by atoms with Crippen LogP contribution in [-0.2, 0) is 0 Å². The lowest BCUT2D eigenvalue weighted by Crippen LogP contribution is -1.81. The first kappa shape index (κ1) is 7.57. The third kappa shape index (κ3) is 1.28. The van der Waals surface area contributed by atoms with Crippen LogP contribution in [0.2, 0.25) is 5.15 Å². The average Bonchev–Trinajstić information content (AvgIpc) is 2.53. The molecule has 60 valence electrons. The second-order valence-electron chi connectivity index (χ2n) is 2.03. The van der Waals surface area contributed by atoms with Crippen LogP contribution in [0.4, 0.5) is 0 Å². The molecular weight excluding hydrogens is 196 g/mol. The Balaban J connectivity index is 2.51. The predicted octanol–water partition coefficient (Wildman–Crippen LogP) is 1.65. The van der Waals surface area contributed by atoms with Crippen molar-refractivity contribution in [2.24, 2.45) is 0 Å². The highest BCUT2D eigenvalue weighted by molar-refractivity contribution is 6.99. The van der Waals surface area contributed by atoms with Gasteiger partial charge in [-0.3, -0.25) is 0 Å². The molecule has 0 unspecified atom stereocenters. The lowest BCUT2D eigenvalue weighted by molar-refractivity contribution is 1.17. The standard InChI is InChI=1S/C6H3ClN4S/c7-6-5(10-12-11-6)4-1-8-3-9-2-4/h1-3H. The highest BCUT2D eigenvalue weighted by Crippen LogP contribution is 2.23. The number of hydrogen-bond donors (Lipinski definition) is 0. The maximum absolute atomic E-state index is 5.76. The second-order valence-corrected chi connectivity index (χ2v) is 2.92. The maximum atomic E-state index is 5.76. The molecule has 0 saturated heterocycles. The van der Waals surface area contributed by atoms with Gasteiger partial charge in [-0.1, -0.05) is 11.6 Å². The van der Waals surface area contributed by atoms with Gasteiger partial charge >= 0.3 is 0 Å². The molecule has 12 heavy (non-hydrogen) atoms. The summed E-state index contributed by atoms with van der Waals surface area (Å²) >= 11 is 6.83. The monoisotopic (exact) mass is 198 g/mol. The molecule has 0 radical (unpaired) electrons. The summed E-state index contributed by atoms with van der Waals surface area (Å²) in [4.78, 5) is 7.70. The Morgan fingerprint density at radius 1 is 1.17 bits per heavy atom. The van der Waals surface area contributed by atoms with E-state index in [9.17, 15) is 0 Å². The predicted molar refractivity (Wildman–Crippen MR) is 45.9 cm³/mol. The Bertz CT molecular complexity index is 374. The molecule has 4 nitrogen and oxygen atoms in total. The fourth-order valence-corrected chi connectivity index (χ4v) is 1.54. The first-order chi connectivity index (χ1) is 5.88. The Morgan fingerprint density at radius 3 is 2.50 bits per heavy atom. The molecule has 6 heteroatoms. The highest BCUT2D eigenvalue weighted by atomic mass is 35.5. The lowest BCUT2D eigenvalue weighted by atomic mass is 10.3.